The average molecular weight is 446 g/mol. The van der Waals surface area contributed by atoms with Gasteiger partial charge in [-0.25, -0.2) is 14.8 Å². The molecule has 12 nitrogen and oxygen atoms in total. The molecule has 0 amide bonds. The lowest BCUT2D eigenvalue weighted by molar-refractivity contribution is 0.00789. The number of carboxylic acid groups (broad SMARTS) is 1. The molecule has 3 N–H and O–H groups in total. The Balaban J connectivity index is 1.70. The number of rotatable bonds is 7. The van der Waals surface area contributed by atoms with Gasteiger partial charge in [-0.1, -0.05) is 5.16 Å². The molecule has 4 heterocycles. The molecule has 13 heteroatoms. The van der Waals surface area contributed by atoms with Crippen LogP contribution in [0.3, 0.4) is 0 Å². The van der Waals surface area contributed by atoms with E-state index in [0.29, 0.717) is 29.6 Å². The fraction of sp³-hybridized carbons (Fsp3) is 0.333. The summed E-state index contributed by atoms with van der Waals surface area (Å²) in [6.45, 7) is 2.08. The van der Waals surface area contributed by atoms with Gasteiger partial charge in [0.2, 0.25) is 10.6 Å². The number of pyridine rings is 2. The van der Waals surface area contributed by atoms with E-state index in [4.69, 9.17) is 9.94 Å². The Morgan fingerprint density at radius 3 is 2.84 bits per heavy atom. The van der Waals surface area contributed by atoms with E-state index in [1.165, 1.54) is 17.1 Å². The number of hydrogen-bond acceptors (Lipinski definition) is 11. The van der Waals surface area contributed by atoms with Gasteiger partial charge in [0.05, 0.1) is 30.8 Å². The molecule has 4 rings (SSSR count). The summed E-state index contributed by atoms with van der Waals surface area (Å²) in [5.41, 5.74) is 0.614. The van der Waals surface area contributed by atoms with Gasteiger partial charge in [0.25, 0.3) is 0 Å². The van der Waals surface area contributed by atoms with Crippen molar-refractivity contribution in [2.24, 2.45) is 5.16 Å². The van der Waals surface area contributed by atoms with E-state index in [-0.39, 0.29) is 23.2 Å². The first-order valence-corrected chi connectivity index (χ1v) is 9.95. The SMILES string of the molecule is Cc1cc(N2CC(=NOC[C@H](O)CO)C2)nc2c1c(=O)c(C(=O)O)cn2-c1ncns1. The van der Waals surface area contributed by atoms with Gasteiger partial charge in [0.15, 0.2) is 5.65 Å². The summed E-state index contributed by atoms with van der Waals surface area (Å²) in [5.74, 6) is -0.747. The van der Waals surface area contributed by atoms with Gasteiger partial charge >= 0.3 is 5.97 Å². The maximum atomic E-state index is 12.8. The Morgan fingerprint density at radius 1 is 1.42 bits per heavy atom. The molecule has 1 saturated heterocycles. The van der Waals surface area contributed by atoms with Crippen molar-refractivity contribution in [1.82, 2.24) is 18.9 Å². The normalized spacial score (nSPS) is 14.4. The molecule has 0 saturated carbocycles. The number of aryl methyl sites for hydroxylation is 1. The van der Waals surface area contributed by atoms with Gasteiger partial charge in [0, 0.05) is 17.7 Å². The molecular formula is C18H18N6O6S. The van der Waals surface area contributed by atoms with E-state index in [9.17, 15) is 19.8 Å². The molecule has 3 aromatic rings. The fourth-order valence-corrected chi connectivity index (χ4v) is 3.60. The van der Waals surface area contributed by atoms with Crippen molar-refractivity contribution < 1.29 is 25.0 Å². The molecule has 0 bridgehead atoms. The molecule has 31 heavy (non-hydrogen) atoms. The minimum atomic E-state index is -1.33. The van der Waals surface area contributed by atoms with E-state index in [1.807, 2.05) is 4.90 Å². The van der Waals surface area contributed by atoms with E-state index in [2.05, 4.69) is 19.5 Å². The van der Waals surface area contributed by atoms with Crippen LogP contribution in [0.4, 0.5) is 5.82 Å². The van der Waals surface area contributed by atoms with Crippen LogP contribution in [-0.4, -0.2) is 78.3 Å². The van der Waals surface area contributed by atoms with E-state index in [0.717, 1.165) is 17.2 Å². The molecule has 1 atom stereocenters. The van der Waals surface area contributed by atoms with Gasteiger partial charge < -0.3 is 25.1 Å². The van der Waals surface area contributed by atoms with Crippen LogP contribution in [0.2, 0.25) is 0 Å². The topological polar surface area (TPSA) is 163 Å². The molecule has 162 valence electrons. The summed E-state index contributed by atoms with van der Waals surface area (Å²) >= 11 is 1.05. The van der Waals surface area contributed by atoms with Crippen molar-refractivity contribution in [2.45, 2.75) is 13.0 Å². The summed E-state index contributed by atoms with van der Waals surface area (Å²) in [6, 6.07) is 1.72. The lowest BCUT2D eigenvalue weighted by Gasteiger charge is -2.33. The molecule has 0 radical (unpaired) electrons. The van der Waals surface area contributed by atoms with Crippen molar-refractivity contribution in [3.05, 3.63) is 39.9 Å². The number of hydrogen-bond donors (Lipinski definition) is 3. The molecule has 3 aromatic heterocycles. The number of aromatic carboxylic acids is 1. The van der Waals surface area contributed by atoms with Crippen LogP contribution in [0, 0.1) is 6.92 Å². The number of aromatic nitrogens is 4. The summed E-state index contributed by atoms with van der Waals surface area (Å²) in [7, 11) is 0. The smallest absolute Gasteiger partial charge is 0.341 e. The molecule has 0 unspecified atom stereocenters. The molecule has 0 aromatic carbocycles. The van der Waals surface area contributed by atoms with E-state index < -0.39 is 24.1 Å². The van der Waals surface area contributed by atoms with Gasteiger partial charge in [-0.05, 0) is 18.6 Å². The summed E-state index contributed by atoms with van der Waals surface area (Å²) in [6.07, 6.45) is 1.57. The minimum absolute atomic E-state index is 0.104. The first-order chi connectivity index (χ1) is 14.9. The Morgan fingerprint density at radius 2 is 2.19 bits per heavy atom. The Hall–Kier alpha value is -3.42. The largest absolute Gasteiger partial charge is 0.477 e. The number of carboxylic acids is 1. The van der Waals surface area contributed by atoms with E-state index >= 15 is 0 Å². The molecule has 1 aliphatic rings. The van der Waals surface area contributed by atoms with E-state index in [1.54, 1.807) is 13.0 Å². The Bertz CT molecular complexity index is 1220. The van der Waals surface area contributed by atoms with Crippen molar-refractivity contribution in [2.75, 3.05) is 31.2 Å². The van der Waals surface area contributed by atoms with Crippen molar-refractivity contribution >= 4 is 40.1 Å². The highest BCUT2D eigenvalue weighted by Gasteiger charge is 2.26. The van der Waals surface area contributed by atoms with Crippen molar-refractivity contribution in [3.8, 4) is 5.13 Å². The highest BCUT2D eigenvalue weighted by molar-refractivity contribution is 7.08. The molecule has 0 aliphatic carbocycles. The number of oxime groups is 1. The van der Waals surface area contributed by atoms with Crippen LogP contribution >= 0.6 is 11.5 Å². The second kappa shape index (κ2) is 8.37. The van der Waals surface area contributed by atoms with Crippen LogP contribution in [0.25, 0.3) is 16.2 Å². The quantitative estimate of drug-likeness (QED) is 0.414. The number of fused-ring (bicyclic) bond motifs is 1. The zero-order valence-corrected chi connectivity index (χ0v) is 17.1. The lowest BCUT2D eigenvalue weighted by atomic mass is 10.1. The molecule has 0 spiro atoms. The number of nitrogens with zero attached hydrogens (tertiary/aromatic N) is 6. The van der Waals surface area contributed by atoms with Crippen LogP contribution in [0.5, 0.6) is 0 Å². The number of carbonyl (C=O) groups is 1. The zero-order valence-electron chi connectivity index (χ0n) is 16.3. The van der Waals surface area contributed by atoms with Crippen molar-refractivity contribution in [1.29, 1.82) is 0 Å². The Kier molecular flexibility index (Phi) is 5.63. The summed E-state index contributed by atoms with van der Waals surface area (Å²) in [4.78, 5) is 40.0. The van der Waals surface area contributed by atoms with Crippen LogP contribution in [0.15, 0.2) is 28.5 Å². The highest BCUT2D eigenvalue weighted by atomic mass is 32.1. The lowest BCUT2D eigenvalue weighted by Crippen LogP contribution is -2.48. The van der Waals surface area contributed by atoms with Gasteiger partial charge in [-0.2, -0.15) is 4.37 Å². The second-order valence-corrected chi connectivity index (χ2v) is 7.67. The molecular weight excluding hydrogens is 428 g/mol. The minimum Gasteiger partial charge on any atom is -0.477 e. The number of anilines is 1. The third kappa shape index (κ3) is 3.97. The number of aliphatic hydroxyl groups is 2. The number of aliphatic hydroxyl groups excluding tert-OH is 2. The van der Waals surface area contributed by atoms with Gasteiger partial charge in [0.1, 0.15) is 30.4 Å². The van der Waals surface area contributed by atoms with Crippen LogP contribution in [-0.2, 0) is 4.84 Å². The van der Waals surface area contributed by atoms with Crippen LogP contribution < -0.4 is 10.3 Å². The first kappa shape index (κ1) is 20.8. The third-order valence-electron chi connectivity index (χ3n) is 4.67. The Labute approximate surface area is 178 Å². The standard InChI is InChI=1S/C18H18N6O6S/c1-9-2-13(23-3-10(4-23)22-30-7-11(26)6-25)21-16-14(9)15(27)12(17(28)29)5-24(16)18-19-8-20-31-18/h2,5,8,11,25-26H,3-4,6-7H2,1H3,(H,28,29)/t11-/m1/s1. The summed E-state index contributed by atoms with van der Waals surface area (Å²) < 4.78 is 5.41. The van der Waals surface area contributed by atoms with Gasteiger partial charge in [-0.3, -0.25) is 9.36 Å². The molecule has 1 aliphatic heterocycles. The molecule has 1 fully saturated rings. The predicted octanol–water partition coefficient (Wildman–Crippen LogP) is -0.210. The second-order valence-electron chi connectivity index (χ2n) is 6.91. The first-order valence-electron chi connectivity index (χ1n) is 9.18. The predicted molar refractivity (Wildman–Crippen MR) is 111 cm³/mol. The fourth-order valence-electron chi connectivity index (χ4n) is 3.09. The van der Waals surface area contributed by atoms with Crippen molar-refractivity contribution in [3.63, 3.8) is 0 Å². The zero-order chi connectivity index (χ0) is 22.1. The summed E-state index contributed by atoms with van der Waals surface area (Å²) in [5, 5.41) is 32.0. The average Bonchev–Trinajstić information content (AvgIpc) is 3.23. The van der Waals surface area contributed by atoms with Gasteiger partial charge in [-0.15, -0.1) is 0 Å². The maximum absolute atomic E-state index is 12.8. The monoisotopic (exact) mass is 446 g/mol. The maximum Gasteiger partial charge on any atom is 0.341 e. The van der Waals surface area contributed by atoms with Crippen LogP contribution in [0.1, 0.15) is 15.9 Å². The third-order valence-corrected chi connectivity index (χ3v) is 5.34. The highest BCUT2D eigenvalue weighted by Crippen LogP contribution is 2.25.